The summed E-state index contributed by atoms with van der Waals surface area (Å²) < 4.78 is 1.27. The monoisotopic (exact) mass is 183 g/mol. The minimum atomic E-state index is -1.50. The minimum Gasteiger partial charge on any atom is -0.475 e. The number of aromatic nitrogens is 3. The fraction of sp³-hybridized carbons (Fsp3) is 0.429. The van der Waals surface area contributed by atoms with Crippen LogP contribution in [0.25, 0.3) is 0 Å². The Hall–Kier alpha value is -1.72. The van der Waals surface area contributed by atoms with Gasteiger partial charge in [-0.3, -0.25) is 4.79 Å². The number of nitrogens with zero attached hydrogens (tertiary/aromatic N) is 3. The number of hydrogen-bond acceptors (Lipinski definition) is 4. The second-order valence-electron chi connectivity index (χ2n) is 2.79. The summed E-state index contributed by atoms with van der Waals surface area (Å²) in [5.74, 6) is -2.48. The van der Waals surface area contributed by atoms with Crippen molar-refractivity contribution >= 4 is 11.8 Å². The van der Waals surface area contributed by atoms with Crippen molar-refractivity contribution in [3.63, 3.8) is 0 Å². The Labute approximate surface area is 74.2 Å². The Balaban J connectivity index is 3.07. The van der Waals surface area contributed by atoms with E-state index in [1.54, 1.807) is 13.8 Å². The molecule has 0 unspecified atom stereocenters. The highest BCUT2D eigenvalue weighted by Crippen LogP contribution is 2.06. The van der Waals surface area contributed by atoms with Crippen LogP contribution in [0.15, 0.2) is 6.20 Å². The summed E-state index contributed by atoms with van der Waals surface area (Å²) in [7, 11) is 0. The number of carboxylic acid groups (broad SMARTS) is 1. The molecule has 70 valence electrons. The molecular weight excluding hydrogens is 174 g/mol. The van der Waals surface area contributed by atoms with Crippen LogP contribution in [-0.4, -0.2) is 31.9 Å². The van der Waals surface area contributed by atoms with Crippen LogP contribution >= 0.6 is 0 Å². The molecule has 0 bridgehead atoms. The number of hydrogen-bond donors (Lipinski definition) is 1. The SMILES string of the molecule is CC(C)n1nncc1C(=O)C(=O)O. The molecule has 1 heterocycles. The summed E-state index contributed by atoms with van der Waals surface area (Å²) >= 11 is 0. The summed E-state index contributed by atoms with van der Waals surface area (Å²) in [5.41, 5.74) is 0.00231. The Kier molecular flexibility index (Phi) is 2.41. The molecule has 0 aliphatic heterocycles. The molecular formula is C7H9N3O3. The highest BCUT2D eigenvalue weighted by atomic mass is 16.4. The van der Waals surface area contributed by atoms with Crippen molar-refractivity contribution in [2.45, 2.75) is 19.9 Å². The standard InChI is InChI=1S/C7H9N3O3/c1-4(2)10-5(3-8-9-10)6(11)7(12)13/h3-4H,1-2H3,(H,12,13). The van der Waals surface area contributed by atoms with Crippen LogP contribution in [0, 0.1) is 0 Å². The molecule has 1 rings (SSSR count). The van der Waals surface area contributed by atoms with Gasteiger partial charge in [0.25, 0.3) is 5.78 Å². The summed E-state index contributed by atoms with van der Waals surface area (Å²) in [6.07, 6.45) is 1.15. The third-order valence-electron chi connectivity index (χ3n) is 1.49. The Morgan fingerprint density at radius 2 is 2.15 bits per heavy atom. The molecule has 0 saturated carbocycles. The van der Waals surface area contributed by atoms with E-state index in [0.717, 1.165) is 6.20 Å². The van der Waals surface area contributed by atoms with E-state index in [0.29, 0.717) is 0 Å². The second-order valence-corrected chi connectivity index (χ2v) is 2.79. The van der Waals surface area contributed by atoms with E-state index >= 15 is 0 Å². The van der Waals surface area contributed by atoms with Gasteiger partial charge >= 0.3 is 5.97 Å². The van der Waals surface area contributed by atoms with Gasteiger partial charge in [-0.15, -0.1) is 5.10 Å². The smallest absolute Gasteiger partial charge is 0.378 e. The fourth-order valence-electron chi connectivity index (χ4n) is 0.897. The van der Waals surface area contributed by atoms with Gasteiger partial charge in [0.05, 0.1) is 6.20 Å². The number of carbonyl (C=O) groups is 2. The van der Waals surface area contributed by atoms with Gasteiger partial charge in [0.1, 0.15) is 5.69 Å². The molecule has 0 amide bonds. The van der Waals surface area contributed by atoms with Crippen LogP contribution < -0.4 is 0 Å². The van der Waals surface area contributed by atoms with Gasteiger partial charge < -0.3 is 5.11 Å². The summed E-state index contributed by atoms with van der Waals surface area (Å²) in [4.78, 5) is 21.4. The van der Waals surface area contributed by atoms with Crippen molar-refractivity contribution in [1.82, 2.24) is 15.0 Å². The number of ketones is 1. The molecule has 1 N–H and O–H groups in total. The topological polar surface area (TPSA) is 85.1 Å². The molecule has 0 aliphatic carbocycles. The van der Waals surface area contributed by atoms with E-state index in [2.05, 4.69) is 10.3 Å². The third-order valence-corrected chi connectivity index (χ3v) is 1.49. The van der Waals surface area contributed by atoms with Crippen molar-refractivity contribution in [3.8, 4) is 0 Å². The van der Waals surface area contributed by atoms with Crippen LogP contribution in [0.1, 0.15) is 30.4 Å². The quantitative estimate of drug-likeness (QED) is 0.531. The van der Waals surface area contributed by atoms with E-state index in [9.17, 15) is 9.59 Å². The predicted octanol–water partition coefficient (Wildman–Crippen LogP) is 0.126. The van der Waals surface area contributed by atoms with Crippen molar-refractivity contribution in [2.24, 2.45) is 0 Å². The van der Waals surface area contributed by atoms with Crippen molar-refractivity contribution in [3.05, 3.63) is 11.9 Å². The van der Waals surface area contributed by atoms with E-state index in [-0.39, 0.29) is 11.7 Å². The number of rotatable bonds is 3. The fourth-order valence-corrected chi connectivity index (χ4v) is 0.897. The lowest BCUT2D eigenvalue weighted by Gasteiger charge is -2.05. The van der Waals surface area contributed by atoms with Gasteiger partial charge in [0.2, 0.25) is 0 Å². The van der Waals surface area contributed by atoms with Crippen LogP contribution in [0.4, 0.5) is 0 Å². The number of carboxylic acids is 1. The van der Waals surface area contributed by atoms with Gasteiger partial charge in [0.15, 0.2) is 0 Å². The van der Waals surface area contributed by atoms with E-state index < -0.39 is 11.8 Å². The molecule has 0 aliphatic rings. The van der Waals surface area contributed by atoms with Gasteiger partial charge in [-0.1, -0.05) is 5.21 Å². The van der Waals surface area contributed by atoms with Crippen molar-refractivity contribution < 1.29 is 14.7 Å². The largest absolute Gasteiger partial charge is 0.475 e. The normalized spacial score (nSPS) is 10.4. The molecule has 13 heavy (non-hydrogen) atoms. The first kappa shape index (κ1) is 9.37. The van der Waals surface area contributed by atoms with Crippen LogP contribution in [0.2, 0.25) is 0 Å². The van der Waals surface area contributed by atoms with Crippen LogP contribution in [-0.2, 0) is 4.79 Å². The number of carbonyl (C=O) groups excluding carboxylic acids is 1. The van der Waals surface area contributed by atoms with Crippen LogP contribution in [0.3, 0.4) is 0 Å². The average molecular weight is 183 g/mol. The first-order valence-corrected chi connectivity index (χ1v) is 3.72. The molecule has 0 radical (unpaired) electrons. The van der Waals surface area contributed by atoms with Gasteiger partial charge in [-0.05, 0) is 13.8 Å². The Morgan fingerprint density at radius 1 is 1.54 bits per heavy atom. The molecule has 1 aromatic heterocycles. The Morgan fingerprint density at radius 3 is 2.62 bits per heavy atom. The summed E-state index contributed by atoms with van der Waals surface area (Å²) in [6.45, 7) is 3.57. The zero-order valence-electron chi connectivity index (χ0n) is 7.26. The van der Waals surface area contributed by atoms with Gasteiger partial charge in [-0.25, -0.2) is 9.48 Å². The van der Waals surface area contributed by atoms with Crippen molar-refractivity contribution in [2.75, 3.05) is 0 Å². The molecule has 0 spiro atoms. The van der Waals surface area contributed by atoms with Gasteiger partial charge in [-0.2, -0.15) is 0 Å². The third kappa shape index (κ3) is 1.71. The lowest BCUT2D eigenvalue weighted by Crippen LogP contribution is -2.19. The van der Waals surface area contributed by atoms with E-state index in [1.807, 2.05) is 0 Å². The maximum absolute atomic E-state index is 11.0. The molecule has 0 fully saturated rings. The van der Waals surface area contributed by atoms with E-state index in [1.165, 1.54) is 4.68 Å². The summed E-state index contributed by atoms with van der Waals surface area (Å²) in [5, 5.41) is 15.5. The number of Topliss-reactive ketones (excluding diaryl/α,β-unsaturated/α-hetero) is 1. The zero-order chi connectivity index (χ0) is 10.0. The predicted molar refractivity (Wildman–Crippen MR) is 42.4 cm³/mol. The molecule has 0 atom stereocenters. The molecule has 0 aromatic carbocycles. The number of aliphatic carboxylic acids is 1. The van der Waals surface area contributed by atoms with Crippen LogP contribution in [0.5, 0.6) is 0 Å². The molecule has 1 aromatic rings. The maximum atomic E-state index is 11.0. The lowest BCUT2D eigenvalue weighted by molar-refractivity contribution is -0.131. The molecule has 6 heteroatoms. The average Bonchev–Trinajstić information content (AvgIpc) is 2.50. The lowest BCUT2D eigenvalue weighted by atomic mass is 10.3. The first-order chi connectivity index (χ1) is 6.04. The molecule has 6 nitrogen and oxygen atoms in total. The minimum absolute atomic E-state index is 0.00231. The second kappa shape index (κ2) is 3.34. The molecule has 0 saturated heterocycles. The maximum Gasteiger partial charge on any atom is 0.378 e. The van der Waals surface area contributed by atoms with Crippen molar-refractivity contribution in [1.29, 1.82) is 0 Å². The van der Waals surface area contributed by atoms with Gasteiger partial charge in [0, 0.05) is 6.04 Å². The zero-order valence-corrected chi connectivity index (χ0v) is 7.26. The highest BCUT2D eigenvalue weighted by molar-refractivity contribution is 6.39. The Bertz CT molecular complexity index is 343. The first-order valence-electron chi connectivity index (χ1n) is 3.72. The highest BCUT2D eigenvalue weighted by Gasteiger charge is 2.21. The summed E-state index contributed by atoms with van der Waals surface area (Å²) in [6, 6.07) is -0.0826. The van der Waals surface area contributed by atoms with E-state index in [4.69, 9.17) is 5.11 Å².